The molecule has 1 unspecified atom stereocenters. The van der Waals surface area contributed by atoms with Crippen molar-refractivity contribution >= 4 is 40.7 Å². The van der Waals surface area contributed by atoms with Gasteiger partial charge in [-0.2, -0.15) is 0 Å². The molecule has 0 spiro atoms. The zero-order valence-electron chi connectivity index (χ0n) is 21.7. The Labute approximate surface area is 226 Å². The molecule has 1 heterocycles. The minimum Gasteiger partial charge on any atom is -0.507 e. The number of hydrogen-bond donors (Lipinski definition) is 1. The molecule has 38 heavy (non-hydrogen) atoms. The van der Waals surface area contributed by atoms with E-state index in [2.05, 4.69) is 20.8 Å². The molecular formula is C30H28ClNO6. The van der Waals surface area contributed by atoms with Gasteiger partial charge in [0.25, 0.3) is 11.7 Å². The van der Waals surface area contributed by atoms with Crippen LogP contribution in [0.25, 0.3) is 5.76 Å². The van der Waals surface area contributed by atoms with Crippen LogP contribution in [0.5, 0.6) is 5.75 Å². The minimum absolute atomic E-state index is 0.122. The highest BCUT2D eigenvalue weighted by molar-refractivity contribution is 6.51. The quantitative estimate of drug-likeness (QED) is 0.185. The highest BCUT2D eigenvalue weighted by Crippen LogP contribution is 2.44. The highest BCUT2D eigenvalue weighted by Gasteiger charge is 2.47. The lowest BCUT2D eigenvalue weighted by Crippen LogP contribution is -2.29. The second-order valence-electron chi connectivity index (χ2n) is 9.93. The van der Waals surface area contributed by atoms with Crippen LogP contribution >= 0.6 is 11.6 Å². The fourth-order valence-electron chi connectivity index (χ4n) is 4.49. The first-order chi connectivity index (χ1) is 18.0. The Kier molecular flexibility index (Phi) is 7.33. The topological polar surface area (TPSA) is 93.1 Å². The van der Waals surface area contributed by atoms with Crippen molar-refractivity contribution in [1.82, 2.24) is 0 Å². The maximum absolute atomic E-state index is 13.5. The largest absolute Gasteiger partial charge is 0.507 e. The molecular weight excluding hydrogens is 506 g/mol. The van der Waals surface area contributed by atoms with E-state index in [-0.39, 0.29) is 27.9 Å². The summed E-state index contributed by atoms with van der Waals surface area (Å²) < 4.78 is 10.2. The second-order valence-corrected chi connectivity index (χ2v) is 10.4. The Morgan fingerprint density at radius 1 is 0.974 bits per heavy atom. The van der Waals surface area contributed by atoms with Gasteiger partial charge in [-0.15, -0.1) is 0 Å². The number of benzene rings is 3. The predicted octanol–water partition coefficient (Wildman–Crippen LogP) is 6.06. The van der Waals surface area contributed by atoms with Crippen LogP contribution in [-0.2, 0) is 19.7 Å². The van der Waals surface area contributed by atoms with Gasteiger partial charge in [0.2, 0.25) is 0 Å². The van der Waals surface area contributed by atoms with Crippen molar-refractivity contribution < 1.29 is 29.0 Å². The zero-order valence-corrected chi connectivity index (χ0v) is 22.5. The molecule has 1 fully saturated rings. The molecule has 1 amide bonds. The number of methoxy groups -OCH3 is 2. The fraction of sp³-hybridized carbons (Fsp3) is 0.233. The van der Waals surface area contributed by atoms with Gasteiger partial charge < -0.3 is 14.6 Å². The summed E-state index contributed by atoms with van der Waals surface area (Å²) in [5, 5.41) is 11.8. The lowest BCUT2D eigenvalue weighted by atomic mass is 9.85. The standard InChI is InChI=1S/C30H28ClNO6/c1-30(2,3)19-11-9-17(10-12-19)25-24(26(33)22-16-20(31)13-14-23(22)37-4)27(34)28(35)32(25)21-8-6-7-18(15-21)29(36)38-5/h6-16,25,33H,1-5H3/b26-24+. The number of ether oxygens (including phenoxy) is 2. The van der Waals surface area contributed by atoms with Crippen LogP contribution in [0.15, 0.2) is 72.3 Å². The molecule has 1 N–H and O–H groups in total. The Bertz CT molecular complexity index is 1450. The van der Waals surface area contributed by atoms with Crippen molar-refractivity contribution in [2.24, 2.45) is 0 Å². The summed E-state index contributed by atoms with van der Waals surface area (Å²) >= 11 is 6.19. The van der Waals surface area contributed by atoms with Gasteiger partial charge in [-0.1, -0.05) is 62.7 Å². The van der Waals surface area contributed by atoms with E-state index in [0.29, 0.717) is 16.3 Å². The third-order valence-electron chi connectivity index (χ3n) is 6.50. The molecule has 0 aliphatic carbocycles. The summed E-state index contributed by atoms with van der Waals surface area (Å²) in [6.07, 6.45) is 0. The number of aliphatic hydroxyl groups excluding tert-OH is 1. The smallest absolute Gasteiger partial charge is 0.337 e. The maximum Gasteiger partial charge on any atom is 0.337 e. The maximum atomic E-state index is 13.5. The van der Waals surface area contributed by atoms with Crippen LogP contribution < -0.4 is 9.64 Å². The number of aliphatic hydroxyl groups is 1. The summed E-state index contributed by atoms with van der Waals surface area (Å²) in [6, 6.07) is 17.4. The first kappa shape index (κ1) is 26.9. The number of halogens is 1. The van der Waals surface area contributed by atoms with Crippen LogP contribution in [-0.4, -0.2) is 37.0 Å². The number of ketones is 1. The fourth-order valence-corrected chi connectivity index (χ4v) is 4.66. The van der Waals surface area contributed by atoms with E-state index >= 15 is 0 Å². The monoisotopic (exact) mass is 533 g/mol. The van der Waals surface area contributed by atoms with Gasteiger partial charge in [0, 0.05) is 10.7 Å². The number of carbonyl (C=O) groups is 3. The normalized spacial score (nSPS) is 17.0. The van der Waals surface area contributed by atoms with Gasteiger partial charge in [-0.05, 0) is 52.9 Å². The first-order valence-corrected chi connectivity index (χ1v) is 12.3. The Balaban J connectivity index is 1.98. The lowest BCUT2D eigenvalue weighted by molar-refractivity contribution is -0.132. The van der Waals surface area contributed by atoms with Crippen molar-refractivity contribution in [2.75, 3.05) is 19.1 Å². The van der Waals surface area contributed by atoms with E-state index in [1.807, 2.05) is 24.3 Å². The first-order valence-electron chi connectivity index (χ1n) is 11.9. The van der Waals surface area contributed by atoms with Crippen LogP contribution in [0.3, 0.4) is 0 Å². The molecule has 0 aromatic heterocycles. The van der Waals surface area contributed by atoms with Crippen LogP contribution in [0.1, 0.15) is 53.9 Å². The van der Waals surface area contributed by atoms with E-state index in [1.165, 1.54) is 31.3 Å². The van der Waals surface area contributed by atoms with E-state index in [4.69, 9.17) is 21.1 Å². The van der Waals surface area contributed by atoms with Gasteiger partial charge >= 0.3 is 5.97 Å². The molecule has 3 aromatic rings. The van der Waals surface area contributed by atoms with E-state index in [9.17, 15) is 19.5 Å². The summed E-state index contributed by atoms with van der Waals surface area (Å²) in [6.45, 7) is 6.24. The van der Waals surface area contributed by atoms with Gasteiger partial charge in [0.1, 0.15) is 11.5 Å². The Morgan fingerprint density at radius 2 is 1.66 bits per heavy atom. The highest BCUT2D eigenvalue weighted by atomic mass is 35.5. The van der Waals surface area contributed by atoms with E-state index in [1.54, 1.807) is 30.3 Å². The van der Waals surface area contributed by atoms with Crippen LogP contribution in [0.4, 0.5) is 5.69 Å². The molecule has 0 bridgehead atoms. The second kappa shape index (κ2) is 10.3. The van der Waals surface area contributed by atoms with E-state index in [0.717, 1.165) is 5.56 Å². The number of anilines is 1. The number of esters is 1. The van der Waals surface area contributed by atoms with Crippen molar-refractivity contribution in [3.05, 3.63) is 99.6 Å². The zero-order chi connectivity index (χ0) is 27.8. The van der Waals surface area contributed by atoms with Crippen molar-refractivity contribution in [1.29, 1.82) is 0 Å². The minimum atomic E-state index is -0.986. The number of Topliss-reactive ketones (excluding diaryl/α,β-unsaturated/α-hetero) is 1. The predicted molar refractivity (Wildman–Crippen MR) is 146 cm³/mol. The van der Waals surface area contributed by atoms with Gasteiger partial charge in [0.15, 0.2) is 0 Å². The summed E-state index contributed by atoms with van der Waals surface area (Å²) in [5.41, 5.74) is 2.11. The van der Waals surface area contributed by atoms with Gasteiger partial charge in [-0.3, -0.25) is 14.5 Å². The number of nitrogens with zero attached hydrogens (tertiary/aromatic N) is 1. The number of carbonyl (C=O) groups excluding carboxylic acids is 3. The SMILES string of the molecule is COC(=O)c1cccc(N2C(=O)C(=O)/C(=C(/O)c3cc(Cl)ccc3OC)C2c2ccc(C(C)(C)C)cc2)c1. The molecule has 1 aliphatic rings. The summed E-state index contributed by atoms with van der Waals surface area (Å²) in [4.78, 5) is 40.5. The third-order valence-corrected chi connectivity index (χ3v) is 6.73. The Morgan fingerprint density at radius 3 is 2.26 bits per heavy atom. The summed E-state index contributed by atoms with van der Waals surface area (Å²) in [7, 11) is 2.69. The van der Waals surface area contributed by atoms with Crippen molar-refractivity contribution in [3.63, 3.8) is 0 Å². The molecule has 0 radical (unpaired) electrons. The third kappa shape index (κ3) is 4.89. The van der Waals surface area contributed by atoms with Crippen LogP contribution in [0.2, 0.25) is 5.02 Å². The molecule has 3 aromatic carbocycles. The molecule has 1 atom stereocenters. The number of hydrogen-bond acceptors (Lipinski definition) is 6. The van der Waals surface area contributed by atoms with Gasteiger partial charge in [-0.25, -0.2) is 4.79 Å². The van der Waals surface area contributed by atoms with Gasteiger partial charge in [0.05, 0.1) is 37.0 Å². The molecule has 1 saturated heterocycles. The molecule has 1 aliphatic heterocycles. The molecule has 4 rings (SSSR count). The van der Waals surface area contributed by atoms with E-state index < -0.39 is 29.5 Å². The average Bonchev–Trinajstić information content (AvgIpc) is 3.17. The number of amides is 1. The molecule has 8 heteroatoms. The van der Waals surface area contributed by atoms with Crippen LogP contribution in [0, 0.1) is 0 Å². The van der Waals surface area contributed by atoms with Crippen molar-refractivity contribution in [2.45, 2.75) is 32.2 Å². The summed E-state index contributed by atoms with van der Waals surface area (Å²) in [5.74, 6) is -2.44. The average molecular weight is 534 g/mol. The lowest BCUT2D eigenvalue weighted by Gasteiger charge is -2.27. The molecule has 196 valence electrons. The molecule has 7 nitrogen and oxygen atoms in total. The molecule has 0 saturated carbocycles. The van der Waals surface area contributed by atoms with Crippen molar-refractivity contribution in [3.8, 4) is 5.75 Å². The Hall–Kier alpha value is -4.10. The number of rotatable bonds is 5.